The quantitative estimate of drug-likeness (QED) is 0.790. The predicted molar refractivity (Wildman–Crippen MR) is 73.0 cm³/mol. The van der Waals surface area contributed by atoms with Crippen LogP contribution in [0.25, 0.3) is 0 Å². The van der Waals surface area contributed by atoms with Crippen LogP contribution in [0.2, 0.25) is 0 Å². The fourth-order valence-corrected chi connectivity index (χ4v) is 1.70. The summed E-state index contributed by atoms with van der Waals surface area (Å²) in [4.78, 5) is 23.5. The summed E-state index contributed by atoms with van der Waals surface area (Å²) in [7, 11) is 0. The Balaban J connectivity index is 2.68. The average Bonchev–Trinajstić information content (AvgIpc) is 2.26. The summed E-state index contributed by atoms with van der Waals surface area (Å²) in [6.45, 7) is 9.98. The number of rotatable bonds is 5. The van der Waals surface area contributed by atoms with Gasteiger partial charge in [-0.3, -0.25) is 9.36 Å². The lowest BCUT2D eigenvalue weighted by Gasteiger charge is -2.20. The molecule has 18 heavy (non-hydrogen) atoms. The lowest BCUT2D eigenvalue weighted by molar-refractivity contribution is 0.408. The minimum absolute atomic E-state index is 0.0608. The lowest BCUT2D eigenvalue weighted by Crippen LogP contribution is -2.40. The van der Waals surface area contributed by atoms with Crippen LogP contribution in [-0.2, 0) is 13.1 Å². The molecule has 0 aliphatic carbocycles. The van der Waals surface area contributed by atoms with E-state index in [0.29, 0.717) is 13.1 Å². The fourth-order valence-electron chi connectivity index (χ4n) is 1.70. The molecule has 0 fully saturated rings. The molecule has 1 aromatic rings. The molecule has 0 saturated heterocycles. The van der Waals surface area contributed by atoms with Gasteiger partial charge in [0.2, 0.25) is 0 Å². The van der Waals surface area contributed by atoms with Gasteiger partial charge in [-0.05, 0) is 40.7 Å². The molecule has 0 radical (unpaired) electrons. The molecule has 1 rings (SSSR count). The van der Waals surface area contributed by atoms with E-state index in [0.717, 1.165) is 13.0 Å². The van der Waals surface area contributed by atoms with Crippen LogP contribution in [0.15, 0.2) is 21.9 Å². The van der Waals surface area contributed by atoms with Crippen LogP contribution in [-0.4, -0.2) is 21.2 Å². The van der Waals surface area contributed by atoms with Crippen molar-refractivity contribution in [1.29, 1.82) is 0 Å². The second-order valence-corrected chi connectivity index (χ2v) is 5.40. The molecular weight excluding hydrogens is 230 g/mol. The van der Waals surface area contributed by atoms with Crippen LogP contribution < -0.4 is 16.6 Å². The van der Waals surface area contributed by atoms with E-state index in [1.165, 1.54) is 10.6 Å². The highest BCUT2D eigenvalue weighted by atomic mass is 16.2. The zero-order valence-electron chi connectivity index (χ0n) is 11.7. The van der Waals surface area contributed by atoms with Crippen molar-refractivity contribution in [2.24, 2.45) is 0 Å². The van der Waals surface area contributed by atoms with E-state index in [2.05, 4.69) is 26.1 Å². The molecule has 1 N–H and O–H groups in total. The Morgan fingerprint density at radius 3 is 2.50 bits per heavy atom. The zero-order chi connectivity index (χ0) is 13.8. The number of hydrogen-bond acceptors (Lipinski definition) is 3. The van der Waals surface area contributed by atoms with E-state index < -0.39 is 0 Å². The summed E-state index contributed by atoms with van der Waals surface area (Å²) in [5.74, 6) is 0. The molecular formula is C13H23N3O2. The van der Waals surface area contributed by atoms with Crippen LogP contribution in [0.5, 0.6) is 0 Å². The third-order valence-corrected chi connectivity index (χ3v) is 2.69. The SMILES string of the molecule is CCn1ccc(=O)n(CCCNC(C)(C)C)c1=O. The van der Waals surface area contributed by atoms with Crippen molar-refractivity contribution < 1.29 is 0 Å². The smallest absolute Gasteiger partial charge is 0.312 e. The maximum absolute atomic E-state index is 11.9. The van der Waals surface area contributed by atoms with E-state index in [4.69, 9.17) is 0 Å². The maximum atomic E-state index is 11.9. The molecule has 1 heterocycles. The van der Waals surface area contributed by atoms with Crippen molar-refractivity contribution in [1.82, 2.24) is 14.5 Å². The Labute approximate surface area is 107 Å². The van der Waals surface area contributed by atoms with Gasteiger partial charge in [-0.25, -0.2) is 4.79 Å². The minimum atomic E-state index is -0.222. The summed E-state index contributed by atoms with van der Waals surface area (Å²) >= 11 is 0. The zero-order valence-corrected chi connectivity index (χ0v) is 11.7. The normalized spacial score (nSPS) is 11.8. The van der Waals surface area contributed by atoms with Crippen LogP contribution in [0.4, 0.5) is 0 Å². The number of nitrogens with one attached hydrogen (secondary N) is 1. The van der Waals surface area contributed by atoms with E-state index in [-0.39, 0.29) is 16.8 Å². The second-order valence-electron chi connectivity index (χ2n) is 5.40. The van der Waals surface area contributed by atoms with Gasteiger partial charge in [0, 0.05) is 30.9 Å². The third kappa shape index (κ3) is 4.14. The van der Waals surface area contributed by atoms with E-state index in [9.17, 15) is 9.59 Å². The summed E-state index contributed by atoms with van der Waals surface area (Å²) < 4.78 is 2.84. The van der Waals surface area contributed by atoms with Crippen molar-refractivity contribution in [3.8, 4) is 0 Å². The van der Waals surface area contributed by atoms with Gasteiger partial charge in [-0.15, -0.1) is 0 Å². The maximum Gasteiger partial charge on any atom is 0.330 e. The Kier molecular flexibility index (Phi) is 4.90. The summed E-state index contributed by atoms with van der Waals surface area (Å²) in [5.41, 5.74) is -0.383. The van der Waals surface area contributed by atoms with E-state index in [1.807, 2.05) is 6.92 Å². The van der Waals surface area contributed by atoms with Gasteiger partial charge in [0.1, 0.15) is 0 Å². The van der Waals surface area contributed by atoms with E-state index in [1.54, 1.807) is 10.8 Å². The molecule has 102 valence electrons. The van der Waals surface area contributed by atoms with Gasteiger partial charge in [0.25, 0.3) is 5.56 Å². The monoisotopic (exact) mass is 253 g/mol. The van der Waals surface area contributed by atoms with Crippen molar-refractivity contribution >= 4 is 0 Å². The van der Waals surface area contributed by atoms with Gasteiger partial charge >= 0.3 is 5.69 Å². The van der Waals surface area contributed by atoms with Crippen LogP contribution in [0, 0.1) is 0 Å². The first-order valence-corrected chi connectivity index (χ1v) is 6.40. The Morgan fingerprint density at radius 1 is 1.28 bits per heavy atom. The molecule has 0 amide bonds. The molecule has 1 aromatic heterocycles. The summed E-state index contributed by atoms with van der Waals surface area (Å²) in [6, 6.07) is 1.45. The second kappa shape index (κ2) is 6.00. The topological polar surface area (TPSA) is 56.0 Å². The minimum Gasteiger partial charge on any atom is -0.312 e. The Hall–Kier alpha value is -1.36. The first-order valence-electron chi connectivity index (χ1n) is 6.40. The van der Waals surface area contributed by atoms with Gasteiger partial charge < -0.3 is 9.88 Å². The summed E-state index contributed by atoms with van der Waals surface area (Å²) in [6.07, 6.45) is 2.31. The molecule has 0 saturated carbocycles. The first kappa shape index (κ1) is 14.7. The standard InChI is InChI=1S/C13H23N3O2/c1-5-15-10-7-11(17)16(12(15)18)9-6-8-14-13(2,3)4/h7,10,14H,5-6,8-9H2,1-4H3. The van der Waals surface area contributed by atoms with Crippen molar-refractivity contribution in [3.05, 3.63) is 33.1 Å². The number of hydrogen-bond donors (Lipinski definition) is 1. The molecule has 5 heteroatoms. The Bertz CT molecular complexity index is 494. The average molecular weight is 253 g/mol. The third-order valence-electron chi connectivity index (χ3n) is 2.69. The summed E-state index contributed by atoms with van der Waals surface area (Å²) in [5, 5.41) is 3.34. The van der Waals surface area contributed by atoms with Gasteiger partial charge in [-0.2, -0.15) is 0 Å². The van der Waals surface area contributed by atoms with Gasteiger partial charge in [-0.1, -0.05) is 0 Å². The van der Waals surface area contributed by atoms with Crippen LogP contribution in [0.3, 0.4) is 0 Å². The molecule has 0 aromatic carbocycles. The molecule has 0 aliphatic heterocycles. The highest BCUT2D eigenvalue weighted by Crippen LogP contribution is 1.98. The predicted octanol–water partition coefficient (Wildman–Crippen LogP) is 0.808. The van der Waals surface area contributed by atoms with Gasteiger partial charge in [0.05, 0.1) is 0 Å². The molecule has 0 atom stereocenters. The van der Waals surface area contributed by atoms with E-state index >= 15 is 0 Å². The van der Waals surface area contributed by atoms with Crippen LogP contribution >= 0.6 is 0 Å². The van der Waals surface area contributed by atoms with Gasteiger partial charge in [0.15, 0.2) is 0 Å². The largest absolute Gasteiger partial charge is 0.330 e. The Morgan fingerprint density at radius 2 is 1.94 bits per heavy atom. The molecule has 5 nitrogen and oxygen atoms in total. The molecule has 0 unspecified atom stereocenters. The fraction of sp³-hybridized carbons (Fsp3) is 0.692. The van der Waals surface area contributed by atoms with Crippen LogP contribution in [0.1, 0.15) is 34.1 Å². The van der Waals surface area contributed by atoms with Crippen molar-refractivity contribution in [2.75, 3.05) is 6.54 Å². The first-order chi connectivity index (χ1) is 8.35. The lowest BCUT2D eigenvalue weighted by atomic mass is 10.1. The number of aryl methyl sites for hydroxylation is 1. The number of nitrogens with zero attached hydrogens (tertiary/aromatic N) is 2. The molecule has 0 spiro atoms. The van der Waals surface area contributed by atoms with Crippen molar-refractivity contribution in [2.45, 2.75) is 52.7 Å². The number of aromatic nitrogens is 2. The molecule has 0 bridgehead atoms. The van der Waals surface area contributed by atoms with Crippen molar-refractivity contribution in [3.63, 3.8) is 0 Å². The highest BCUT2D eigenvalue weighted by molar-refractivity contribution is 4.86. The highest BCUT2D eigenvalue weighted by Gasteiger charge is 2.08. The molecule has 0 aliphatic rings.